The number of benzene rings is 3. The van der Waals surface area contributed by atoms with E-state index in [1.165, 1.54) is 11.1 Å². The molecule has 1 aromatic heterocycles. The van der Waals surface area contributed by atoms with Crippen molar-refractivity contribution in [1.29, 1.82) is 0 Å². The van der Waals surface area contributed by atoms with Crippen molar-refractivity contribution in [2.75, 3.05) is 39.3 Å². The van der Waals surface area contributed by atoms with Crippen molar-refractivity contribution in [1.82, 2.24) is 29.6 Å². The summed E-state index contributed by atoms with van der Waals surface area (Å²) < 4.78 is 8.53. The molecule has 314 valence electrons. The van der Waals surface area contributed by atoms with Gasteiger partial charge in [-0.05, 0) is 125 Å². The zero-order chi connectivity index (χ0) is 41.8. The highest BCUT2D eigenvalue weighted by atomic mass is 35.5. The molecule has 1 atom stereocenters. The van der Waals surface area contributed by atoms with Crippen molar-refractivity contribution in [2.45, 2.75) is 101 Å². The number of aromatic nitrogens is 2. The number of ether oxygens (including phenoxy) is 1. The molecule has 3 saturated carbocycles. The predicted octanol–water partition coefficient (Wildman–Crippen LogP) is 5.74. The summed E-state index contributed by atoms with van der Waals surface area (Å²) in [7, 11) is 0. The molecule has 3 aliphatic carbocycles. The standard InChI is InChI=1S/C48H49ClN6O6/c1-45(2)31-8-6-28(20-36(31)55-34-5-3-4-33(49)38(34)41(58)51-43(45)55)27-12-16-52(17-13-27)25-46-22-48(23-46,24-46)44(60)53-18-14-47(15-19-53)26-61-39-30-21-54(35-10-11-37(56)50-40(35)57)42(59)29(30)7-9-32(39)47/h3-9,20,27,35H,10-19,21-26H2,1-2H3,(H,50,56,57)/t35-,46?,48?/m0/s1. The first kappa shape index (κ1) is 37.7. The van der Waals surface area contributed by atoms with Crippen molar-refractivity contribution in [3.05, 3.63) is 97.5 Å². The van der Waals surface area contributed by atoms with Gasteiger partial charge in [0.1, 0.15) is 17.6 Å². The molecule has 61 heavy (non-hydrogen) atoms. The van der Waals surface area contributed by atoms with Gasteiger partial charge in [-0.2, -0.15) is 4.98 Å². The molecular weight excluding hydrogens is 792 g/mol. The number of carbonyl (C=O) groups is 4. The van der Waals surface area contributed by atoms with Crippen LogP contribution < -0.4 is 15.6 Å². The molecule has 0 unspecified atom stereocenters. The van der Waals surface area contributed by atoms with E-state index in [-0.39, 0.29) is 40.0 Å². The Bertz CT molecular complexity index is 2710. The van der Waals surface area contributed by atoms with Crippen molar-refractivity contribution in [3.8, 4) is 11.4 Å². The van der Waals surface area contributed by atoms with Gasteiger partial charge in [-0.25, -0.2) is 0 Å². The van der Waals surface area contributed by atoms with Crippen LogP contribution in [0.3, 0.4) is 0 Å². The smallest absolute Gasteiger partial charge is 0.282 e. The maximum absolute atomic E-state index is 14.1. The van der Waals surface area contributed by atoms with Crippen LogP contribution in [0.4, 0.5) is 0 Å². The Morgan fingerprint density at radius 1 is 0.934 bits per heavy atom. The van der Waals surface area contributed by atoms with Crippen LogP contribution in [0, 0.1) is 10.8 Å². The van der Waals surface area contributed by atoms with Gasteiger partial charge in [0.25, 0.3) is 11.5 Å². The molecule has 9 aliphatic rings. The summed E-state index contributed by atoms with van der Waals surface area (Å²) in [5.41, 5.74) is 6.10. The van der Waals surface area contributed by atoms with E-state index >= 15 is 0 Å². The predicted molar refractivity (Wildman–Crippen MR) is 227 cm³/mol. The van der Waals surface area contributed by atoms with Gasteiger partial charge >= 0.3 is 0 Å². The van der Waals surface area contributed by atoms with Crippen molar-refractivity contribution in [2.24, 2.45) is 10.8 Å². The number of carbonyl (C=O) groups excluding carboxylic acids is 4. The van der Waals surface area contributed by atoms with Crippen molar-refractivity contribution < 1.29 is 23.9 Å². The molecular formula is C48H49ClN6O6. The van der Waals surface area contributed by atoms with E-state index in [4.69, 9.17) is 16.3 Å². The highest BCUT2D eigenvalue weighted by Gasteiger charge is 2.72. The Balaban J connectivity index is 0.664. The molecule has 4 aromatic rings. The molecule has 2 bridgehead atoms. The molecule has 0 radical (unpaired) electrons. The first-order chi connectivity index (χ1) is 29.3. The van der Waals surface area contributed by atoms with E-state index in [2.05, 4.69) is 56.7 Å². The van der Waals surface area contributed by atoms with Gasteiger partial charge in [-0.1, -0.05) is 35.9 Å². The zero-order valence-electron chi connectivity index (χ0n) is 34.7. The van der Waals surface area contributed by atoms with Crippen LogP contribution in [0.15, 0.2) is 53.3 Å². The van der Waals surface area contributed by atoms with Crippen LogP contribution in [0.25, 0.3) is 16.6 Å². The average molecular weight is 841 g/mol. The monoisotopic (exact) mass is 840 g/mol. The molecule has 13 rings (SSSR count). The fourth-order valence-corrected chi connectivity index (χ4v) is 13.4. The molecule has 1 N–H and O–H groups in total. The van der Waals surface area contributed by atoms with Gasteiger partial charge in [0.2, 0.25) is 17.7 Å². The first-order valence-electron chi connectivity index (χ1n) is 22.1. The number of hydrogen-bond acceptors (Lipinski definition) is 8. The third-order valence-corrected chi connectivity index (χ3v) is 16.6. The molecule has 1 spiro atoms. The molecule has 3 saturated heterocycles. The third kappa shape index (κ3) is 5.27. The molecule has 4 amide bonds. The number of nitrogens with zero attached hydrogens (tertiary/aromatic N) is 5. The minimum Gasteiger partial charge on any atom is -0.492 e. The molecule has 3 aromatic carbocycles. The molecule has 12 nitrogen and oxygen atoms in total. The molecule has 7 heterocycles. The van der Waals surface area contributed by atoms with Crippen LogP contribution in [0.2, 0.25) is 5.02 Å². The van der Waals surface area contributed by atoms with E-state index in [0.29, 0.717) is 60.5 Å². The fourth-order valence-electron chi connectivity index (χ4n) is 13.2. The van der Waals surface area contributed by atoms with Gasteiger partial charge in [0.05, 0.1) is 45.6 Å². The maximum atomic E-state index is 14.1. The Kier molecular flexibility index (Phi) is 7.88. The lowest BCUT2D eigenvalue weighted by atomic mass is 9.34. The Hall–Kier alpha value is -5.07. The van der Waals surface area contributed by atoms with Gasteiger partial charge in [0.15, 0.2) is 0 Å². The lowest BCUT2D eigenvalue weighted by Crippen LogP contribution is -2.71. The van der Waals surface area contributed by atoms with Gasteiger partial charge in [-0.3, -0.25) is 33.9 Å². The van der Waals surface area contributed by atoms with E-state index in [9.17, 15) is 24.0 Å². The van der Waals surface area contributed by atoms with Crippen LogP contribution in [0.1, 0.15) is 116 Å². The van der Waals surface area contributed by atoms with E-state index in [1.807, 2.05) is 24.3 Å². The topological polar surface area (TPSA) is 134 Å². The Morgan fingerprint density at radius 3 is 2.44 bits per heavy atom. The van der Waals surface area contributed by atoms with Gasteiger partial charge in [-0.15, -0.1) is 0 Å². The number of nitrogens with one attached hydrogen (secondary N) is 1. The quantitative estimate of drug-likeness (QED) is 0.252. The second-order valence-corrected chi connectivity index (χ2v) is 20.6. The van der Waals surface area contributed by atoms with E-state index in [0.717, 1.165) is 98.5 Å². The largest absolute Gasteiger partial charge is 0.492 e. The minimum atomic E-state index is -0.660. The lowest BCUT2D eigenvalue weighted by molar-refractivity contribution is -0.223. The lowest BCUT2D eigenvalue weighted by Gasteiger charge is -2.71. The molecule has 6 aliphatic heterocycles. The number of rotatable bonds is 5. The van der Waals surface area contributed by atoms with E-state index < -0.39 is 17.4 Å². The third-order valence-electron chi connectivity index (χ3n) is 16.3. The van der Waals surface area contributed by atoms with Crippen LogP contribution in [0.5, 0.6) is 5.75 Å². The number of imide groups is 1. The average Bonchev–Trinajstić information content (AvgIpc) is 3.82. The van der Waals surface area contributed by atoms with Crippen molar-refractivity contribution in [3.63, 3.8) is 0 Å². The maximum Gasteiger partial charge on any atom is 0.282 e. The minimum absolute atomic E-state index is 0.191. The number of piperidine rings is 3. The normalized spacial score (nSPS) is 28.2. The Labute approximate surface area is 358 Å². The number of amides is 4. The number of halogens is 1. The summed E-state index contributed by atoms with van der Waals surface area (Å²) in [5.74, 6) is 1.40. The molecule has 6 fully saturated rings. The summed E-state index contributed by atoms with van der Waals surface area (Å²) in [6.07, 6.45) is 7.34. The SMILES string of the molecule is CC1(C)c2ccc(C3CCN(CC45CC(C(=O)N6CCC7(CC6)COc6c7ccc7c6CN([C@H]6CCC(=O)NC6=O)C7=O)(C4)C5)CC3)cc2-n2c1nc(=O)c1c(Cl)cccc12. The van der Waals surface area contributed by atoms with E-state index in [1.54, 1.807) is 11.0 Å². The number of likely N-dealkylation sites (tertiary alicyclic amines) is 2. The van der Waals surface area contributed by atoms with Crippen LogP contribution in [-0.2, 0) is 31.8 Å². The second-order valence-electron chi connectivity index (χ2n) is 20.2. The van der Waals surface area contributed by atoms with Gasteiger partial charge in [0, 0.05) is 48.2 Å². The van der Waals surface area contributed by atoms with Crippen LogP contribution >= 0.6 is 11.6 Å². The summed E-state index contributed by atoms with van der Waals surface area (Å²) in [6.45, 7) is 9.67. The summed E-state index contributed by atoms with van der Waals surface area (Å²) in [5, 5.41) is 3.28. The number of hydrogen-bond donors (Lipinski definition) is 1. The fraction of sp³-hybridized carbons (Fsp3) is 0.500. The Morgan fingerprint density at radius 2 is 1.69 bits per heavy atom. The summed E-state index contributed by atoms with van der Waals surface area (Å²) in [4.78, 5) is 75.9. The second kappa shape index (κ2) is 12.8. The van der Waals surface area contributed by atoms with Crippen molar-refractivity contribution >= 4 is 46.1 Å². The zero-order valence-corrected chi connectivity index (χ0v) is 35.4. The first-order valence-corrected chi connectivity index (χ1v) is 22.5. The number of fused-ring (bicyclic) bond motifs is 9. The highest BCUT2D eigenvalue weighted by Crippen LogP contribution is 2.74. The van der Waals surface area contributed by atoms with Crippen LogP contribution in [-0.4, -0.2) is 93.3 Å². The summed E-state index contributed by atoms with van der Waals surface area (Å²) >= 11 is 6.53. The molecule has 13 heteroatoms. The van der Waals surface area contributed by atoms with Gasteiger partial charge < -0.3 is 19.4 Å². The highest BCUT2D eigenvalue weighted by molar-refractivity contribution is 6.35. The summed E-state index contributed by atoms with van der Waals surface area (Å²) in [6, 6.07) is 15.7.